The van der Waals surface area contributed by atoms with Gasteiger partial charge in [0.15, 0.2) is 5.78 Å². The van der Waals surface area contributed by atoms with Crippen molar-refractivity contribution in [2.24, 2.45) is 0 Å². The van der Waals surface area contributed by atoms with E-state index in [1.807, 2.05) is 24.3 Å². The molecule has 0 N–H and O–H groups in total. The van der Waals surface area contributed by atoms with Crippen LogP contribution in [0.25, 0.3) is 0 Å². The Kier molecular flexibility index (Phi) is 12.1. The van der Waals surface area contributed by atoms with E-state index in [4.69, 9.17) is 4.74 Å². The number of ketones is 1. The smallest absolute Gasteiger partial charge is 0.159 e. The summed E-state index contributed by atoms with van der Waals surface area (Å²) >= 11 is 0. The van der Waals surface area contributed by atoms with E-state index in [-0.39, 0.29) is 5.78 Å². The van der Waals surface area contributed by atoms with Gasteiger partial charge in [-0.2, -0.15) is 0 Å². The van der Waals surface area contributed by atoms with Gasteiger partial charge in [0, 0.05) is 5.56 Å². The van der Waals surface area contributed by atoms with Gasteiger partial charge < -0.3 is 9.22 Å². The molecular formula is C24H42NO2+. The number of nitrogens with zero attached hydrogens (tertiary/aromatic N) is 1. The molecule has 0 aliphatic carbocycles. The van der Waals surface area contributed by atoms with Gasteiger partial charge in [0.05, 0.1) is 20.6 Å². The Hall–Kier alpha value is -1.35. The van der Waals surface area contributed by atoms with Crippen LogP contribution in [0.2, 0.25) is 0 Å². The minimum absolute atomic E-state index is 0.0934. The second kappa shape index (κ2) is 13.8. The van der Waals surface area contributed by atoms with Crippen LogP contribution in [0.4, 0.5) is 0 Å². The lowest BCUT2D eigenvalue weighted by atomic mass is 10.1. The third kappa shape index (κ3) is 11.9. The average molecular weight is 377 g/mol. The number of rotatable bonds is 16. The SMILES string of the molecule is CCCCCCCCCCCC[N+](C)(C)CCOc1ccc(C(C)=O)cc1. The fourth-order valence-electron chi connectivity index (χ4n) is 3.34. The number of hydrogen-bond acceptors (Lipinski definition) is 2. The van der Waals surface area contributed by atoms with Crippen molar-refractivity contribution in [2.75, 3.05) is 33.8 Å². The molecule has 0 fully saturated rings. The molecule has 0 aliphatic heterocycles. The van der Waals surface area contributed by atoms with E-state index in [0.29, 0.717) is 6.61 Å². The fraction of sp³-hybridized carbons (Fsp3) is 0.708. The molecule has 0 atom stereocenters. The summed E-state index contributed by atoms with van der Waals surface area (Å²) in [4.78, 5) is 11.3. The number of quaternary nitrogens is 1. The Labute approximate surface area is 167 Å². The van der Waals surface area contributed by atoms with E-state index in [9.17, 15) is 4.79 Å². The maximum atomic E-state index is 11.3. The van der Waals surface area contributed by atoms with Crippen molar-refractivity contribution < 1.29 is 14.0 Å². The summed E-state index contributed by atoms with van der Waals surface area (Å²) < 4.78 is 6.85. The van der Waals surface area contributed by atoms with Gasteiger partial charge in [-0.1, -0.05) is 58.3 Å². The molecular weight excluding hydrogens is 334 g/mol. The molecule has 0 aromatic heterocycles. The number of carbonyl (C=O) groups excluding carboxylic acids is 1. The summed E-state index contributed by atoms with van der Waals surface area (Å²) in [6, 6.07) is 7.45. The largest absolute Gasteiger partial charge is 0.488 e. The van der Waals surface area contributed by atoms with E-state index >= 15 is 0 Å². The molecule has 154 valence electrons. The first-order valence-electron chi connectivity index (χ1n) is 11.0. The number of benzene rings is 1. The fourth-order valence-corrected chi connectivity index (χ4v) is 3.34. The van der Waals surface area contributed by atoms with E-state index < -0.39 is 0 Å². The monoisotopic (exact) mass is 376 g/mol. The Morgan fingerprint density at radius 3 is 1.85 bits per heavy atom. The number of hydrogen-bond donors (Lipinski definition) is 0. The first-order chi connectivity index (χ1) is 12.9. The van der Waals surface area contributed by atoms with Crippen molar-refractivity contribution in [3.63, 3.8) is 0 Å². The quantitative estimate of drug-likeness (QED) is 0.193. The lowest BCUT2D eigenvalue weighted by Crippen LogP contribution is -2.43. The van der Waals surface area contributed by atoms with Crippen LogP contribution >= 0.6 is 0 Å². The lowest BCUT2D eigenvalue weighted by Gasteiger charge is -2.29. The Morgan fingerprint density at radius 2 is 1.33 bits per heavy atom. The minimum atomic E-state index is 0.0934. The maximum Gasteiger partial charge on any atom is 0.159 e. The van der Waals surface area contributed by atoms with Crippen LogP contribution < -0.4 is 4.74 Å². The normalized spacial score (nSPS) is 11.6. The molecule has 3 heteroatoms. The predicted molar refractivity (Wildman–Crippen MR) is 116 cm³/mol. The molecule has 1 rings (SSSR count). The Morgan fingerprint density at radius 1 is 0.815 bits per heavy atom. The molecule has 1 aromatic carbocycles. The van der Waals surface area contributed by atoms with E-state index in [0.717, 1.165) is 22.3 Å². The Balaban J connectivity index is 2.06. The molecule has 3 nitrogen and oxygen atoms in total. The van der Waals surface area contributed by atoms with Gasteiger partial charge in [-0.05, 0) is 44.0 Å². The second-order valence-electron chi connectivity index (χ2n) is 8.49. The molecule has 0 spiro atoms. The summed E-state index contributed by atoms with van der Waals surface area (Å²) in [6.07, 6.45) is 13.9. The summed E-state index contributed by atoms with van der Waals surface area (Å²) in [7, 11) is 4.58. The molecule has 1 aromatic rings. The summed E-state index contributed by atoms with van der Waals surface area (Å²) in [5, 5.41) is 0. The summed E-state index contributed by atoms with van der Waals surface area (Å²) in [6.45, 7) is 6.79. The molecule has 0 bridgehead atoms. The van der Waals surface area contributed by atoms with E-state index in [2.05, 4.69) is 21.0 Å². The zero-order valence-corrected chi connectivity index (χ0v) is 18.3. The van der Waals surface area contributed by atoms with Gasteiger partial charge in [-0.3, -0.25) is 4.79 Å². The summed E-state index contributed by atoms with van der Waals surface area (Å²) in [5.41, 5.74) is 0.736. The summed E-state index contributed by atoms with van der Waals surface area (Å²) in [5.74, 6) is 0.940. The van der Waals surface area contributed by atoms with Crippen molar-refractivity contribution in [2.45, 2.75) is 78.1 Å². The van der Waals surface area contributed by atoms with Crippen LogP contribution in [-0.2, 0) is 0 Å². The highest BCUT2D eigenvalue weighted by Gasteiger charge is 2.14. The molecule has 0 saturated heterocycles. The number of unbranched alkanes of at least 4 members (excludes halogenated alkanes) is 9. The van der Waals surface area contributed by atoms with Crippen molar-refractivity contribution in [1.82, 2.24) is 0 Å². The number of carbonyl (C=O) groups is 1. The first kappa shape index (κ1) is 23.7. The minimum Gasteiger partial charge on any atom is -0.488 e. The van der Waals surface area contributed by atoms with Gasteiger partial charge in [-0.25, -0.2) is 0 Å². The molecule has 0 saturated carbocycles. The number of ether oxygens (including phenoxy) is 1. The molecule has 0 radical (unpaired) electrons. The third-order valence-corrected chi connectivity index (χ3v) is 5.34. The third-order valence-electron chi connectivity index (χ3n) is 5.34. The number of likely N-dealkylation sites (N-methyl/N-ethyl adjacent to an activating group) is 1. The molecule has 0 aliphatic rings. The van der Waals surface area contributed by atoms with Crippen LogP contribution in [0.5, 0.6) is 5.75 Å². The maximum absolute atomic E-state index is 11.3. The lowest BCUT2D eigenvalue weighted by molar-refractivity contribution is -0.890. The van der Waals surface area contributed by atoms with Crippen LogP contribution in [0, 0.1) is 0 Å². The van der Waals surface area contributed by atoms with E-state index in [1.165, 1.54) is 70.8 Å². The molecule has 0 heterocycles. The van der Waals surface area contributed by atoms with Crippen LogP contribution in [-0.4, -0.2) is 44.1 Å². The highest BCUT2D eigenvalue weighted by atomic mass is 16.5. The van der Waals surface area contributed by atoms with Crippen LogP contribution in [0.15, 0.2) is 24.3 Å². The van der Waals surface area contributed by atoms with Gasteiger partial charge in [0.1, 0.15) is 18.9 Å². The molecule has 27 heavy (non-hydrogen) atoms. The average Bonchev–Trinajstić information content (AvgIpc) is 2.63. The Bertz CT molecular complexity index is 508. The first-order valence-corrected chi connectivity index (χ1v) is 11.0. The second-order valence-corrected chi connectivity index (χ2v) is 8.49. The van der Waals surface area contributed by atoms with Crippen molar-refractivity contribution in [1.29, 1.82) is 0 Å². The van der Waals surface area contributed by atoms with Crippen molar-refractivity contribution in [3.8, 4) is 5.75 Å². The van der Waals surface area contributed by atoms with Gasteiger partial charge in [-0.15, -0.1) is 0 Å². The van der Waals surface area contributed by atoms with Gasteiger partial charge >= 0.3 is 0 Å². The molecule has 0 amide bonds. The van der Waals surface area contributed by atoms with Gasteiger partial charge in [0.2, 0.25) is 0 Å². The van der Waals surface area contributed by atoms with E-state index in [1.54, 1.807) is 6.92 Å². The van der Waals surface area contributed by atoms with Crippen LogP contribution in [0.1, 0.15) is 88.4 Å². The standard InChI is InChI=1S/C24H42NO2/c1-5-6-7-8-9-10-11-12-13-14-19-25(3,4)20-21-27-24-17-15-23(16-18-24)22(2)26/h15-18H,5-14,19-21H2,1-4H3/q+1. The van der Waals surface area contributed by atoms with Crippen molar-refractivity contribution >= 4 is 5.78 Å². The highest BCUT2D eigenvalue weighted by Crippen LogP contribution is 2.14. The zero-order chi connectivity index (χ0) is 20.0. The van der Waals surface area contributed by atoms with Crippen molar-refractivity contribution in [3.05, 3.63) is 29.8 Å². The van der Waals surface area contributed by atoms with Crippen LogP contribution in [0.3, 0.4) is 0 Å². The number of Topliss-reactive ketones (excluding diaryl/α,β-unsaturated/α-hetero) is 1. The molecule has 0 unspecified atom stereocenters. The predicted octanol–water partition coefficient (Wildman–Crippen LogP) is 6.27. The topological polar surface area (TPSA) is 26.3 Å². The highest BCUT2D eigenvalue weighted by molar-refractivity contribution is 5.94. The zero-order valence-electron chi connectivity index (χ0n) is 18.3. The van der Waals surface area contributed by atoms with Gasteiger partial charge in [0.25, 0.3) is 0 Å².